The van der Waals surface area contributed by atoms with E-state index in [1.807, 2.05) is 72.8 Å². The van der Waals surface area contributed by atoms with Crippen LogP contribution in [0.25, 0.3) is 4.91 Å². The lowest BCUT2D eigenvalue weighted by atomic mass is 10.2. The molecule has 2 heterocycles. The number of nitrogens with zero attached hydrogens (tertiary/aromatic N) is 3. The summed E-state index contributed by atoms with van der Waals surface area (Å²) in [4.78, 5) is 28.6. The van der Waals surface area contributed by atoms with Crippen molar-refractivity contribution in [2.75, 3.05) is 19.0 Å². The number of carbonyl (C=O) groups excluding carboxylic acids is 2. The summed E-state index contributed by atoms with van der Waals surface area (Å²) in [6.45, 7) is 0. The van der Waals surface area contributed by atoms with Crippen LogP contribution >= 0.6 is 27.7 Å². The first-order valence-corrected chi connectivity index (χ1v) is 10.2. The highest BCUT2D eigenvalue weighted by Gasteiger charge is 2.53. The minimum absolute atomic E-state index is 0.171. The molecule has 27 heavy (non-hydrogen) atoms. The standard InChI is InChI=1S/C20H18BrN3O2S/c1-22(2)23-12-16(13-8-10-14(21)11-9-13)27-18-17(23)19(25)24(20(18)26)15-6-4-3-5-7-15/h3-12,17-18H,1-2H3. The van der Waals surface area contributed by atoms with Crippen LogP contribution in [0.2, 0.25) is 0 Å². The van der Waals surface area contributed by atoms with Crippen LogP contribution in [-0.2, 0) is 9.59 Å². The highest BCUT2D eigenvalue weighted by atomic mass is 79.9. The fraction of sp³-hybridized carbons (Fsp3) is 0.200. The third-order valence-electron chi connectivity index (χ3n) is 4.62. The van der Waals surface area contributed by atoms with E-state index >= 15 is 0 Å². The molecule has 2 amide bonds. The molecule has 2 aliphatic heterocycles. The van der Waals surface area contributed by atoms with Gasteiger partial charge in [0.15, 0.2) is 0 Å². The first-order chi connectivity index (χ1) is 13.0. The number of benzene rings is 2. The molecule has 2 atom stereocenters. The molecule has 0 saturated carbocycles. The zero-order chi connectivity index (χ0) is 19.1. The second-order valence-corrected chi connectivity index (χ2v) is 8.66. The minimum Gasteiger partial charge on any atom is -0.298 e. The molecule has 0 N–H and O–H groups in total. The normalized spacial score (nSPS) is 22.3. The highest BCUT2D eigenvalue weighted by molar-refractivity contribution is 9.10. The molecular formula is C20H18BrN3O2S. The number of hydrazine groups is 1. The molecule has 7 heteroatoms. The quantitative estimate of drug-likeness (QED) is 0.678. The van der Waals surface area contributed by atoms with Gasteiger partial charge in [0.1, 0.15) is 11.3 Å². The summed E-state index contributed by atoms with van der Waals surface area (Å²) >= 11 is 4.91. The summed E-state index contributed by atoms with van der Waals surface area (Å²) in [7, 11) is 3.76. The van der Waals surface area contributed by atoms with E-state index in [4.69, 9.17) is 0 Å². The van der Waals surface area contributed by atoms with E-state index in [0.717, 1.165) is 14.9 Å². The van der Waals surface area contributed by atoms with Crippen molar-refractivity contribution < 1.29 is 9.59 Å². The van der Waals surface area contributed by atoms with E-state index in [9.17, 15) is 9.59 Å². The van der Waals surface area contributed by atoms with E-state index in [0.29, 0.717) is 5.69 Å². The van der Waals surface area contributed by atoms with Gasteiger partial charge in [0, 0.05) is 29.7 Å². The average Bonchev–Trinajstić information content (AvgIpc) is 2.93. The van der Waals surface area contributed by atoms with E-state index in [1.165, 1.54) is 16.7 Å². The fourth-order valence-electron chi connectivity index (χ4n) is 3.32. The number of rotatable bonds is 3. The summed E-state index contributed by atoms with van der Waals surface area (Å²) in [6, 6.07) is 16.5. The molecule has 2 aromatic rings. The maximum atomic E-state index is 13.2. The fourth-order valence-corrected chi connectivity index (χ4v) is 4.87. The predicted octanol–water partition coefficient (Wildman–Crippen LogP) is 3.58. The molecule has 0 aliphatic carbocycles. The Morgan fingerprint density at radius 3 is 2.26 bits per heavy atom. The zero-order valence-electron chi connectivity index (χ0n) is 14.9. The Bertz CT molecular complexity index is 915. The predicted molar refractivity (Wildman–Crippen MR) is 112 cm³/mol. The number of imide groups is 1. The van der Waals surface area contributed by atoms with Gasteiger partial charge in [0.2, 0.25) is 5.91 Å². The van der Waals surface area contributed by atoms with Crippen LogP contribution in [-0.4, -0.2) is 47.2 Å². The lowest BCUT2D eigenvalue weighted by Gasteiger charge is -2.38. The lowest BCUT2D eigenvalue weighted by Crippen LogP contribution is -2.50. The first kappa shape index (κ1) is 18.3. The maximum absolute atomic E-state index is 13.2. The Labute approximate surface area is 170 Å². The first-order valence-electron chi connectivity index (χ1n) is 8.50. The number of carbonyl (C=O) groups is 2. The number of thioether (sulfide) groups is 1. The van der Waals surface area contributed by atoms with E-state index in [2.05, 4.69) is 15.9 Å². The van der Waals surface area contributed by atoms with Crippen molar-refractivity contribution in [2.24, 2.45) is 0 Å². The van der Waals surface area contributed by atoms with Gasteiger partial charge in [-0.3, -0.25) is 14.6 Å². The number of hydrogen-bond donors (Lipinski definition) is 0. The SMILES string of the molecule is CN(C)N1C=C(c2ccc(Br)cc2)SC2C(=O)N(c3ccccc3)C(=O)C21. The number of para-hydroxylation sites is 1. The van der Waals surface area contributed by atoms with Gasteiger partial charge in [-0.2, -0.15) is 0 Å². The van der Waals surface area contributed by atoms with Gasteiger partial charge in [0.25, 0.3) is 5.91 Å². The van der Waals surface area contributed by atoms with Gasteiger partial charge in [-0.25, -0.2) is 9.91 Å². The molecule has 2 unspecified atom stereocenters. The molecule has 5 nitrogen and oxygen atoms in total. The Morgan fingerprint density at radius 1 is 0.963 bits per heavy atom. The van der Waals surface area contributed by atoms with Gasteiger partial charge in [-0.1, -0.05) is 46.3 Å². The maximum Gasteiger partial charge on any atom is 0.259 e. The highest BCUT2D eigenvalue weighted by Crippen LogP contribution is 2.44. The average molecular weight is 444 g/mol. The Morgan fingerprint density at radius 2 is 1.63 bits per heavy atom. The summed E-state index contributed by atoms with van der Waals surface area (Å²) in [5.74, 6) is -0.362. The second kappa shape index (κ2) is 7.14. The molecule has 1 fully saturated rings. The number of halogens is 1. The number of fused-ring (bicyclic) bond motifs is 1. The van der Waals surface area contributed by atoms with Crippen LogP contribution in [0, 0.1) is 0 Å². The largest absolute Gasteiger partial charge is 0.298 e. The third-order valence-corrected chi connectivity index (χ3v) is 6.45. The Kier molecular flexibility index (Phi) is 4.84. The number of hydrogen-bond acceptors (Lipinski definition) is 5. The topological polar surface area (TPSA) is 43.9 Å². The molecule has 2 aromatic carbocycles. The van der Waals surface area contributed by atoms with Crippen molar-refractivity contribution in [3.63, 3.8) is 0 Å². The van der Waals surface area contributed by atoms with Crippen LogP contribution in [0.4, 0.5) is 5.69 Å². The van der Waals surface area contributed by atoms with Crippen LogP contribution in [0.3, 0.4) is 0 Å². The second-order valence-electron chi connectivity index (χ2n) is 6.56. The van der Waals surface area contributed by atoms with Gasteiger partial charge < -0.3 is 0 Å². The lowest BCUT2D eigenvalue weighted by molar-refractivity contribution is -0.125. The van der Waals surface area contributed by atoms with Crippen molar-refractivity contribution in [2.45, 2.75) is 11.3 Å². The molecule has 0 bridgehead atoms. The monoisotopic (exact) mass is 443 g/mol. The van der Waals surface area contributed by atoms with Crippen molar-refractivity contribution in [3.8, 4) is 0 Å². The van der Waals surface area contributed by atoms with E-state index in [-0.39, 0.29) is 11.8 Å². The van der Waals surface area contributed by atoms with E-state index in [1.54, 1.807) is 12.1 Å². The molecule has 1 saturated heterocycles. The summed E-state index contributed by atoms with van der Waals surface area (Å²) < 4.78 is 0.998. The zero-order valence-corrected chi connectivity index (χ0v) is 17.3. The van der Waals surface area contributed by atoms with Crippen molar-refractivity contribution in [1.82, 2.24) is 10.0 Å². The summed E-state index contributed by atoms with van der Waals surface area (Å²) in [6.07, 6.45) is 1.95. The number of anilines is 1. The van der Waals surface area contributed by atoms with Gasteiger partial charge in [-0.05, 0) is 29.8 Å². The van der Waals surface area contributed by atoms with Crippen LogP contribution in [0.5, 0.6) is 0 Å². The smallest absolute Gasteiger partial charge is 0.259 e. The van der Waals surface area contributed by atoms with Gasteiger partial charge >= 0.3 is 0 Å². The van der Waals surface area contributed by atoms with Gasteiger partial charge in [-0.15, -0.1) is 11.8 Å². The van der Waals surface area contributed by atoms with E-state index < -0.39 is 11.3 Å². The van der Waals surface area contributed by atoms with Gasteiger partial charge in [0.05, 0.1) is 5.69 Å². The minimum atomic E-state index is -0.545. The Hall–Kier alpha value is -2.09. The summed E-state index contributed by atoms with van der Waals surface area (Å²) in [5.41, 5.74) is 1.64. The van der Waals surface area contributed by atoms with Crippen molar-refractivity contribution in [3.05, 3.63) is 70.8 Å². The van der Waals surface area contributed by atoms with Crippen molar-refractivity contribution in [1.29, 1.82) is 0 Å². The van der Waals surface area contributed by atoms with Crippen LogP contribution < -0.4 is 4.90 Å². The van der Waals surface area contributed by atoms with Crippen molar-refractivity contribution >= 4 is 50.1 Å². The molecule has 138 valence electrons. The van der Waals surface area contributed by atoms with Crippen LogP contribution in [0.15, 0.2) is 65.3 Å². The molecule has 0 spiro atoms. The third kappa shape index (κ3) is 3.20. The summed E-state index contributed by atoms with van der Waals surface area (Å²) in [5, 5.41) is 3.24. The Balaban J connectivity index is 1.74. The molecule has 2 aliphatic rings. The molecule has 0 aromatic heterocycles. The molecule has 0 radical (unpaired) electrons. The molecule has 4 rings (SSSR count). The number of amides is 2. The van der Waals surface area contributed by atoms with Crippen LogP contribution in [0.1, 0.15) is 5.56 Å². The molecular weight excluding hydrogens is 426 g/mol.